The number of benzene rings is 2. The van der Waals surface area contributed by atoms with Crippen LogP contribution in [-0.4, -0.2) is 20.0 Å². The van der Waals surface area contributed by atoms with Crippen molar-refractivity contribution in [2.24, 2.45) is 0 Å². The molecule has 0 aliphatic heterocycles. The average molecular weight is 324 g/mol. The molecule has 3 rings (SSSR count). The molecule has 3 nitrogen and oxygen atoms in total. The molecule has 0 aliphatic carbocycles. The summed E-state index contributed by atoms with van der Waals surface area (Å²) in [5.74, 6) is 1.51. The number of ether oxygens (including phenoxy) is 2. The molecule has 4 heteroatoms. The van der Waals surface area contributed by atoms with Crippen molar-refractivity contribution in [2.75, 3.05) is 14.2 Å². The number of hydrogen-bond acceptors (Lipinski definition) is 4. The first-order valence-corrected chi connectivity index (χ1v) is 7.96. The Morgan fingerprint density at radius 2 is 1.61 bits per heavy atom. The van der Waals surface area contributed by atoms with Crippen LogP contribution in [0.4, 0.5) is 0 Å². The Kier molecular flexibility index (Phi) is 4.44. The summed E-state index contributed by atoms with van der Waals surface area (Å²) in [5.41, 5.74) is 1.70. The van der Waals surface area contributed by atoms with E-state index in [0.29, 0.717) is 16.2 Å². The van der Waals surface area contributed by atoms with Crippen LogP contribution in [0.1, 0.15) is 15.2 Å². The maximum atomic E-state index is 12.6. The van der Waals surface area contributed by atoms with Crippen LogP contribution in [0.25, 0.3) is 10.4 Å². The van der Waals surface area contributed by atoms with E-state index in [1.165, 1.54) is 11.3 Å². The normalized spacial score (nSPS) is 10.3. The lowest BCUT2D eigenvalue weighted by Crippen LogP contribution is -1.98. The molecule has 1 aromatic heterocycles. The van der Waals surface area contributed by atoms with E-state index in [1.54, 1.807) is 26.4 Å². The highest BCUT2D eigenvalue weighted by molar-refractivity contribution is 7.17. The third kappa shape index (κ3) is 3.27. The van der Waals surface area contributed by atoms with Gasteiger partial charge in [-0.2, -0.15) is 0 Å². The second-order valence-electron chi connectivity index (χ2n) is 4.95. The van der Waals surface area contributed by atoms with Gasteiger partial charge in [0.1, 0.15) is 11.5 Å². The molecule has 3 aromatic rings. The standard InChI is InChI=1S/C19H16O3S/c1-21-15-8-6-13(7-9-15)17-10-11-18(23-17)19(20)14-4-3-5-16(12-14)22-2/h3-12H,1-2H3. The van der Waals surface area contributed by atoms with Gasteiger partial charge in [-0.25, -0.2) is 0 Å². The third-order valence-corrected chi connectivity index (χ3v) is 4.67. The summed E-state index contributed by atoms with van der Waals surface area (Å²) >= 11 is 1.48. The number of ketones is 1. The van der Waals surface area contributed by atoms with Gasteiger partial charge >= 0.3 is 0 Å². The lowest BCUT2D eigenvalue weighted by Gasteiger charge is -2.02. The Bertz CT molecular complexity index is 819. The molecule has 0 fully saturated rings. The molecule has 23 heavy (non-hydrogen) atoms. The first-order valence-electron chi connectivity index (χ1n) is 7.14. The highest BCUT2D eigenvalue weighted by atomic mass is 32.1. The summed E-state index contributed by atoms with van der Waals surface area (Å²) in [5, 5.41) is 0. The fraction of sp³-hybridized carbons (Fsp3) is 0.105. The van der Waals surface area contributed by atoms with Gasteiger partial charge in [0.15, 0.2) is 0 Å². The fourth-order valence-corrected chi connectivity index (χ4v) is 3.25. The predicted molar refractivity (Wildman–Crippen MR) is 92.7 cm³/mol. The van der Waals surface area contributed by atoms with Crippen LogP contribution in [0.15, 0.2) is 60.7 Å². The van der Waals surface area contributed by atoms with Gasteiger partial charge in [0.05, 0.1) is 19.1 Å². The zero-order valence-electron chi connectivity index (χ0n) is 12.9. The van der Waals surface area contributed by atoms with Gasteiger partial charge in [-0.15, -0.1) is 11.3 Å². The number of rotatable bonds is 5. The van der Waals surface area contributed by atoms with Crippen LogP contribution in [0, 0.1) is 0 Å². The van der Waals surface area contributed by atoms with E-state index in [4.69, 9.17) is 9.47 Å². The van der Waals surface area contributed by atoms with Crippen LogP contribution in [0.3, 0.4) is 0 Å². The minimum atomic E-state index is 0.00802. The molecule has 0 saturated heterocycles. The van der Waals surface area contributed by atoms with E-state index in [2.05, 4.69) is 0 Å². The van der Waals surface area contributed by atoms with Crippen molar-refractivity contribution in [1.82, 2.24) is 0 Å². The SMILES string of the molecule is COc1ccc(-c2ccc(C(=O)c3cccc(OC)c3)s2)cc1. The zero-order chi connectivity index (χ0) is 16.2. The topological polar surface area (TPSA) is 35.5 Å². The van der Waals surface area contributed by atoms with Crippen LogP contribution in [0.2, 0.25) is 0 Å². The summed E-state index contributed by atoms with van der Waals surface area (Å²) < 4.78 is 10.3. The number of carbonyl (C=O) groups is 1. The molecule has 0 atom stereocenters. The molecule has 0 aliphatic rings. The molecule has 1 heterocycles. The Hall–Kier alpha value is -2.59. The van der Waals surface area contributed by atoms with Gasteiger partial charge in [0.25, 0.3) is 0 Å². The Balaban J connectivity index is 1.86. The largest absolute Gasteiger partial charge is 0.497 e. The molecule has 0 N–H and O–H groups in total. The molecule has 116 valence electrons. The van der Waals surface area contributed by atoms with Crippen molar-refractivity contribution in [3.63, 3.8) is 0 Å². The van der Waals surface area contributed by atoms with Crippen molar-refractivity contribution in [2.45, 2.75) is 0 Å². The van der Waals surface area contributed by atoms with E-state index < -0.39 is 0 Å². The number of hydrogen-bond donors (Lipinski definition) is 0. The number of carbonyl (C=O) groups excluding carboxylic acids is 1. The molecule has 0 amide bonds. The minimum Gasteiger partial charge on any atom is -0.497 e. The van der Waals surface area contributed by atoms with Crippen molar-refractivity contribution in [3.05, 3.63) is 71.1 Å². The Labute approximate surface area is 139 Å². The fourth-order valence-electron chi connectivity index (χ4n) is 2.28. The molecular weight excluding hydrogens is 308 g/mol. The molecular formula is C19H16O3S. The van der Waals surface area contributed by atoms with Crippen LogP contribution in [0.5, 0.6) is 11.5 Å². The second kappa shape index (κ2) is 6.67. The summed E-state index contributed by atoms with van der Waals surface area (Å²) in [6.07, 6.45) is 0. The Morgan fingerprint density at radius 3 is 2.30 bits per heavy atom. The smallest absolute Gasteiger partial charge is 0.203 e. The maximum Gasteiger partial charge on any atom is 0.203 e. The molecule has 0 spiro atoms. The number of thiophene rings is 1. The third-order valence-electron chi connectivity index (χ3n) is 3.54. The van der Waals surface area contributed by atoms with Gasteiger partial charge in [-0.1, -0.05) is 12.1 Å². The predicted octanol–water partition coefficient (Wildman–Crippen LogP) is 4.66. The zero-order valence-corrected chi connectivity index (χ0v) is 13.7. The van der Waals surface area contributed by atoms with Gasteiger partial charge in [-0.05, 0) is 54.1 Å². The second-order valence-corrected chi connectivity index (χ2v) is 6.04. The van der Waals surface area contributed by atoms with Gasteiger partial charge < -0.3 is 9.47 Å². The van der Waals surface area contributed by atoms with E-state index >= 15 is 0 Å². The highest BCUT2D eigenvalue weighted by Gasteiger charge is 2.13. The van der Waals surface area contributed by atoms with Crippen LogP contribution < -0.4 is 9.47 Å². The van der Waals surface area contributed by atoms with Crippen molar-refractivity contribution in [1.29, 1.82) is 0 Å². The first kappa shape index (κ1) is 15.3. The minimum absolute atomic E-state index is 0.00802. The lowest BCUT2D eigenvalue weighted by molar-refractivity contribution is 0.104. The molecule has 0 saturated carbocycles. The maximum absolute atomic E-state index is 12.6. The van der Waals surface area contributed by atoms with Crippen LogP contribution >= 0.6 is 11.3 Å². The summed E-state index contributed by atoms with van der Waals surface area (Å²) in [6.45, 7) is 0. The van der Waals surface area contributed by atoms with Gasteiger partial charge in [0, 0.05) is 10.4 Å². The quantitative estimate of drug-likeness (QED) is 0.640. The molecule has 2 aromatic carbocycles. The van der Waals surface area contributed by atoms with E-state index in [1.807, 2.05) is 48.5 Å². The van der Waals surface area contributed by atoms with Gasteiger partial charge in [-0.3, -0.25) is 4.79 Å². The van der Waals surface area contributed by atoms with Crippen molar-refractivity contribution < 1.29 is 14.3 Å². The van der Waals surface area contributed by atoms with Crippen molar-refractivity contribution >= 4 is 17.1 Å². The van der Waals surface area contributed by atoms with Crippen molar-refractivity contribution in [3.8, 4) is 21.9 Å². The molecule has 0 radical (unpaired) electrons. The highest BCUT2D eigenvalue weighted by Crippen LogP contribution is 2.31. The molecule has 0 unspecified atom stereocenters. The number of methoxy groups -OCH3 is 2. The molecule has 0 bridgehead atoms. The lowest BCUT2D eigenvalue weighted by atomic mass is 10.1. The van der Waals surface area contributed by atoms with E-state index in [-0.39, 0.29) is 5.78 Å². The monoisotopic (exact) mass is 324 g/mol. The average Bonchev–Trinajstić information content (AvgIpc) is 3.11. The van der Waals surface area contributed by atoms with Crippen LogP contribution in [-0.2, 0) is 0 Å². The van der Waals surface area contributed by atoms with E-state index in [9.17, 15) is 4.79 Å². The van der Waals surface area contributed by atoms with Gasteiger partial charge in [0.2, 0.25) is 5.78 Å². The Morgan fingerprint density at radius 1 is 0.870 bits per heavy atom. The first-order chi connectivity index (χ1) is 11.2. The summed E-state index contributed by atoms with van der Waals surface area (Å²) in [6, 6.07) is 18.9. The summed E-state index contributed by atoms with van der Waals surface area (Å²) in [7, 11) is 3.24. The van der Waals surface area contributed by atoms with E-state index in [0.717, 1.165) is 16.2 Å². The summed E-state index contributed by atoms with van der Waals surface area (Å²) in [4.78, 5) is 14.4.